The Kier molecular flexibility index (Phi) is 6.02. The fourth-order valence-corrected chi connectivity index (χ4v) is 3.80. The van der Waals surface area contributed by atoms with E-state index in [1.165, 1.54) is 18.3 Å². The van der Waals surface area contributed by atoms with Crippen LogP contribution in [0.15, 0.2) is 47.5 Å². The zero-order valence-corrected chi connectivity index (χ0v) is 15.4. The average molecular weight is 393 g/mol. The molecule has 3 rings (SSSR count). The molecule has 1 aliphatic heterocycles. The highest BCUT2D eigenvalue weighted by Gasteiger charge is 2.19. The van der Waals surface area contributed by atoms with Gasteiger partial charge in [0.25, 0.3) is 5.91 Å². The van der Waals surface area contributed by atoms with Gasteiger partial charge in [-0.1, -0.05) is 0 Å². The normalized spacial score (nSPS) is 14.8. The van der Waals surface area contributed by atoms with Gasteiger partial charge in [0.15, 0.2) is 9.84 Å². The van der Waals surface area contributed by atoms with Crippen molar-refractivity contribution in [3.8, 4) is 0 Å². The van der Waals surface area contributed by atoms with Crippen LogP contribution in [-0.2, 0) is 14.6 Å². The van der Waals surface area contributed by atoms with E-state index in [2.05, 4.69) is 10.3 Å². The van der Waals surface area contributed by atoms with E-state index in [0.717, 1.165) is 12.1 Å². The van der Waals surface area contributed by atoms with Crippen LogP contribution in [0.4, 0.5) is 10.2 Å². The molecule has 1 N–H and O–H groups in total. The summed E-state index contributed by atoms with van der Waals surface area (Å²) >= 11 is 0. The number of pyridine rings is 1. The van der Waals surface area contributed by atoms with Gasteiger partial charge in [-0.2, -0.15) is 0 Å². The molecule has 7 nitrogen and oxygen atoms in total. The van der Waals surface area contributed by atoms with Crippen molar-refractivity contribution in [3.05, 3.63) is 54.0 Å². The van der Waals surface area contributed by atoms with Gasteiger partial charge in [-0.05, 0) is 36.4 Å². The van der Waals surface area contributed by atoms with Crippen LogP contribution in [0.5, 0.6) is 0 Å². The highest BCUT2D eigenvalue weighted by Crippen LogP contribution is 2.13. The number of nitrogens with zero attached hydrogens (tertiary/aromatic N) is 2. The first-order valence-corrected chi connectivity index (χ1v) is 10.2. The van der Waals surface area contributed by atoms with Crippen molar-refractivity contribution in [1.29, 1.82) is 0 Å². The predicted molar refractivity (Wildman–Crippen MR) is 97.9 cm³/mol. The molecule has 1 aromatic carbocycles. The predicted octanol–water partition coefficient (Wildman–Crippen LogP) is 1.58. The highest BCUT2D eigenvalue weighted by molar-refractivity contribution is 7.91. The molecule has 1 fully saturated rings. The Balaban J connectivity index is 1.54. The van der Waals surface area contributed by atoms with Crippen LogP contribution < -0.4 is 5.32 Å². The summed E-state index contributed by atoms with van der Waals surface area (Å²) in [6.07, 6.45) is 1.47. The molecule has 0 unspecified atom stereocenters. The third kappa shape index (κ3) is 5.01. The van der Waals surface area contributed by atoms with E-state index in [4.69, 9.17) is 4.74 Å². The second kappa shape index (κ2) is 8.45. The zero-order valence-electron chi connectivity index (χ0n) is 14.6. The fraction of sp³-hybridized carbons (Fsp3) is 0.333. The summed E-state index contributed by atoms with van der Waals surface area (Å²) in [7, 11) is -3.51. The van der Waals surface area contributed by atoms with Crippen molar-refractivity contribution in [3.63, 3.8) is 0 Å². The number of aromatic nitrogens is 1. The van der Waals surface area contributed by atoms with Gasteiger partial charge in [0.2, 0.25) is 0 Å². The van der Waals surface area contributed by atoms with Crippen molar-refractivity contribution in [2.24, 2.45) is 0 Å². The van der Waals surface area contributed by atoms with Crippen molar-refractivity contribution in [1.82, 2.24) is 9.88 Å². The van der Waals surface area contributed by atoms with E-state index < -0.39 is 15.7 Å². The van der Waals surface area contributed by atoms with Crippen LogP contribution >= 0.6 is 0 Å². The number of rotatable bonds is 6. The van der Waals surface area contributed by atoms with Gasteiger partial charge in [-0.15, -0.1) is 0 Å². The average Bonchev–Trinajstić information content (AvgIpc) is 2.69. The molecule has 9 heteroatoms. The zero-order chi connectivity index (χ0) is 19.3. The van der Waals surface area contributed by atoms with Crippen molar-refractivity contribution < 1.29 is 22.3 Å². The van der Waals surface area contributed by atoms with Crippen LogP contribution in [-0.4, -0.2) is 62.8 Å². The topological polar surface area (TPSA) is 88.6 Å². The lowest BCUT2D eigenvalue weighted by Gasteiger charge is -2.26. The van der Waals surface area contributed by atoms with Gasteiger partial charge in [0.05, 0.1) is 29.4 Å². The molecule has 1 aliphatic rings. The Hall–Kier alpha value is -2.52. The van der Waals surface area contributed by atoms with E-state index in [0.29, 0.717) is 37.7 Å². The number of carbonyl (C=O) groups is 1. The van der Waals surface area contributed by atoms with Crippen LogP contribution in [0.3, 0.4) is 0 Å². The first kappa shape index (κ1) is 19.2. The van der Waals surface area contributed by atoms with E-state index in [9.17, 15) is 17.6 Å². The summed E-state index contributed by atoms with van der Waals surface area (Å²) in [6.45, 7) is 2.31. The van der Waals surface area contributed by atoms with Crippen molar-refractivity contribution >= 4 is 21.6 Å². The first-order valence-electron chi connectivity index (χ1n) is 8.51. The molecule has 0 spiro atoms. The number of morpholine rings is 1. The first-order chi connectivity index (χ1) is 13.0. The molecule has 0 bridgehead atoms. The molecule has 1 amide bonds. The van der Waals surface area contributed by atoms with Crippen LogP contribution in [0.2, 0.25) is 0 Å². The molecule has 2 heterocycles. The van der Waals surface area contributed by atoms with E-state index in [1.807, 2.05) is 0 Å². The number of sulfone groups is 1. The lowest BCUT2D eigenvalue weighted by Crippen LogP contribution is -2.40. The summed E-state index contributed by atoms with van der Waals surface area (Å²) in [4.78, 5) is 18.3. The third-order valence-electron chi connectivity index (χ3n) is 4.16. The quantitative estimate of drug-likeness (QED) is 0.750. The Morgan fingerprint density at radius 2 is 1.85 bits per heavy atom. The van der Waals surface area contributed by atoms with Gasteiger partial charge < -0.3 is 15.0 Å². The van der Waals surface area contributed by atoms with Crippen molar-refractivity contribution in [2.45, 2.75) is 4.90 Å². The molecule has 144 valence electrons. The van der Waals surface area contributed by atoms with Gasteiger partial charge in [0, 0.05) is 25.8 Å². The van der Waals surface area contributed by atoms with Crippen LogP contribution in [0.25, 0.3) is 0 Å². The molecule has 0 atom stereocenters. The molecular formula is C18H20FN3O4S. The van der Waals surface area contributed by atoms with Crippen LogP contribution in [0.1, 0.15) is 10.4 Å². The second-order valence-electron chi connectivity index (χ2n) is 6.04. The number of amides is 1. The summed E-state index contributed by atoms with van der Waals surface area (Å²) in [6, 6.07) is 8.02. The highest BCUT2D eigenvalue weighted by atomic mass is 32.2. The van der Waals surface area contributed by atoms with E-state index in [1.54, 1.807) is 17.0 Å². The lowest BCUT2D eigenvalue weighted by molar-refractivity contribution is 0.0302. The number of anilines is 1. The molecule has 2 aromatic rings. The van der Waals surface area contributed by atoms with Crippen LogP contribution in [0, 0.1) is 5.82 Å². The number of halogens is 1. The van der Waals surface area contributed by atoms with Gasteiger partial charge in [-0.3, -0.25) is 4.79 Å². The number of hydrogen-bond donors (Lipinski definition) is 1. The maximum Gasteiger partial charge on any atom is 0.255 e. The summed E-state index contributed by atoms with van der Waals surface area (Å²) < 4.78 is 42.6. The maximum atomic E-state index is 12.9. The molecule has 0 aliphatic carbocycles. The lowest BCUT2D eigenvalue weighted by atomic mass is 10.2. The standard InChI is InChI=1S/C18H20FN3O4S/c19-15-2-4-16(5-3-15)27(24,25)12-7-20-17-6-1-14(13-21-17)18(23)22-8-10-26-11-9-22/h1-6,13H,7-12H2,(H,20,21). The van der Waals surface area contributed by atoms with Crippen molar-refractivity contribution in [2.75, 3.05) is 43.9 Å². The summed E-state index contributed by atoms with van der Waals surface area (Å²) in [5.41, 5.74) is 0.474. The van der Waals surface area contributed by atoms with Gasteiger partial charge >= 0.3 is 0 Å². The van der Waals surface area contributed by atoms with Gasteiger partial charge in [-0.25, -0.2) is 17.8 Å². The Morgan fingerprint density at radius 3 is 2.48 bits per heavy atom. The molecule has 0 radical (unpaired) electrons. The van der Waals surface area contributed by atoms with E-state index >= 15 is 0 Å². The molecule has 1 aromatic heterocycles. The third-order valence-corrected chi connectivity index (χ3v) is 5.89. The number of nitrogens with one attached hydrogen (secondary N) is 1. The second-order valence-corrected chi connectivity index (χ2v) is 8.15. The smallest absolute Gasteiger partial charge is 0.255 e. The molecule has 1 saturated heterocycles. The molecule has 27 heavy (non-hydrogen) atoms. The van der Waals surface area contributed by atoms with Gasteiger partial charge in [0.1, 0.15) is 11.6 Å². The SMILES string of the molecule is O=C(c1ccc(NCCS(=O)(=O)c2ccc(F)cc2)nc1)N1CCOCC1. The minimum Gasteiger partial charge on any atom is -0.378 e. The number of carbonyl (C=O) groups excluding carboxylic acids is 1. The minimum absolute atomic E-state index is 0.0742. The van der Waals surface area contributed by atoms with E-state index in [-0.39, 0.29) is 23.1 Å². The maximum absolute atomic E-state index is 12.9. The molecule has 0 saturated carbocycles. The molecular weight excluding hydrogens is 373 g/mol. The monoisotopic (exact) mass is 393 g/mol. The minimum atomic E-state index is -3.51. The number of benzene rings is 1. The summed E-state index contributed by atoms with van der Waals surface area (Å²) in [5.74, 6) is -0.267. The fourth-order valence-electron chi connectivity index (χ4n) is 2.65. The Morgan fingerprint density at radius 1 is 1.15 bits per heavy atom. The number of hydrogen-bond acceptors (Lipinski definition) is 6. The Labute approximate surface area is 157 Å². The largest absolute Gasteiger partial charge is 0.378 e. The Bertz CT molecular complexity index is 880. The number of ether oxygens (including phenoxy) is 1. The summed E-state index contributed by atoms with van der Waals surface area (Å²) in [5, 5.41) is 2.92.